The van der Waals surface area contributed by atoms with Crippen LogP contribution in [0.25, 0.3) is 10.6 Å². The molecule has 0 atom stereocenters. The van der Waals surface area contributed by atoms with E-state index in [0.29, 0.717) is 22.5 Å². The van der Waals surface area contributed by atoms with Crippen molar-refractivity contribution in [3.63, 3.8) is 0 Å². The largest absolute Gasteiger partial charge is 0.462 e. The molecule has 0 bridgehead atoms. The standard InChI is InChI=1S/C12H11BrN2O2S/c1-2-17-12(16)10-9(6-13)15-11(18-10)8-4-3-5-14-7-8/h3-5,7H,2,6H2,1H3. The van der Waals surface area contributed by atoms with E-state index in [1.165, 1.54) is 11.3 Å². The molecule has 0 unspecified atom stereocenters. The molecule has 0 fully saturated rings. The summed E-state index contributed by atoms with van der Waals surface area (Å²) in [5.74, 6) is -0.320. The zero-order chi connectivity index (χ0) is 13.0. The van der Waals surface area contributed by atoms with Gasteiger partial charge in [-0.2, -0.15) is 0 Å². The van der Waals surface area contributed by atoms with Gasteiger partial charge in [-0.1, -0.05) is 15.9 Å². The molecule has 0 spiro atoms. The van der Waals surface area contributed by atoms with E-state index in [2.05, 4.69) is 25.9 Å². The predicted octanol–water partition coefficient (Wildman–Crippen LogP) is 3.28. The third-order valence-electron chi connectivity index (χ3n) is 2.19. The second kappa shape index (κ2) is 6.06. The highest BCUT2D eigenvalue weighted by atomic mass is 79.9. The topological polar surface area (TPSA) is 52.1 Å². The zero-order valence-electron chi connectivity index (χ0n) is 9.72. The minimum Gasteiger partial charge on any atom is -0.462 e. The highest BCUT2D eigenvalue weighted by Gasteiger charge is 2.19. The molecular weight excluding hydrogens is 316 g/mol. The van der Waals surface area contributed by atoms with Gasteiger partial charge < -0.3 is 4.74 Å². The number of pyridine rings is 1. The van der Waals surface area contributed by atoms with Crippen LogP contribution in [0.1, 0.15) is 22.3 Å². The van der Waals surface area contributed by atoms with Crippen LogP contribution in [0.3, 0.4) is 0 Å². The number of carbonyl (C=O) groups is 1. The average Bonchev–Trinajstić information content (AvgIpc) is 2.84. The van der Waals surface area contributed by atoms with Gasteiger partial charge in [-0.25, -0.2) is 9.78 Å². The van der Waals surface area contributed by atoms with E-state index in [0.717, 1.165) is 10.6 Å². The van der Waals surface area contributed by atoms with Gasteiger partial charge in [-0.05, 0) is 19.1 Å². The quantitative estimate of drug-likeness (QED) is 0.639. The molecule has 0 saturated carbocycles. The van der Waals surface area contributed by atoms with E-state index in [9.17, 15) is 4.79 Å². The van der Waals surface area contributed by atoms with Crippen LogP contribution < -0.4 is 0 Å². The minimum atomic E-state index is -0.320. The fourth-order valence-electron chi connectivity index (χ4n) is 1.41. The Morgan fingerprint density at radius 1 is 1.56 bits per heavy atom. The lowest BCUT2D eigenvalue weighted by molar-refractivity contribution is 0.0531. The highest BCUT2D eigenvalue weighted by molar-refractivity contribution is 9.08. The first-order chi connectivity index (χ1) is 8.76. The predicted molar refractivity (Wildman–Crippen MR) is 73.9 cm³/mol. The lowest BCUT2D eigenvalue weighted by Crippen LogP contribution is -2.04. The first-order valence-corrected chi connectivity index (χ1v) is 7.33. The van der Waals surface area contributed by atoms with Crippen LogP contribution in [0.4, 0.5) is 0 Å². The average molecular weight is 327 g/mol. The van der Waals surface area contributed by atoms with Crippen molar-refractivity contribution in [3.8, 4) is 10.6 Å². The molecular formula is C12H11BrN2O2S. The number of thiazole rings is 1. The van der Waals surface area contributed by atoms with Crippen LogP contribution in [0.5, 0.6) is 0 Å². The number of alkyl halides is 1. The Morgan fingerprint density at radius 2 is 2.39 bits per heavy atom. The zero-order valence-corrected chi connectivity index (χ0v) is 12.1. The Bertz CT molecular complexity index is 542. The number of ether oxygens (including phenoxy) is 1. The molecule has 2 aromatic heterocycles. The maximum Gasteiger partial charge on any atom is 0.350 e. The van der Waals surface area contributed by atoms with Crippen LogP contribution in [-0.2, 0) is 10.1 Å². The second-order valence-corrected chi connectivity index (χ2v) is 4.95. The SMILES string of the molecule is CCOC(=O)c1sc(-c2cccnc2)nc1CBr. The van der Waals surface area contributed by atoms with Crippen LogP contribution in [0, 0.1) is 0 Å². The molecule has 0 radical (unpaired) electrons. The molecule has 0 aliphatic rings. The molecule has 2 aromatic rings. The summed E-state index contributed by atoms with van der Waals surface area (Å²) in [6, 6.07) is 3.76. The minimum absolute atomic E-state index is 0.320. The van der Waals surface area contributed by atoms with Gasteiger partial charge in [0.05, 0.1) is 12.3 Å². The van der Waals surface area contributed by atoms with Gasteiger partial charge >= 0.3 is 5.97 Å². The van der Waals surface area contributed by atoms with Crippen molar-refractivity contribution < 1.29 is 9.53 Å². The summed E-state index contributed by atoms with van der Waals surface area (Å²) in [5, 5.41) is 1.30. The smallest absolute Gasteiger partial charge is 0.350 e. The number of hydrogen-bond donors (Lipinski definition) is 0. The molecule has 0 amide bonds. The molecule has 0 aromatic carbocycles. The fourth-order valence-corrected chi connectivity index (χ4v) is 2.97. The second-order valence-electron chi connectivity index (χ2n) is 3.39. The van der Waals surface area contributed by atoms with Crippen molar-refractivity contribution in [1.29, 1.82) is 0 Å². The van der Waals surface area contributed by atoms with Crippen molar-refractivity contribution >= 4 is 33.2 Å². The van der Waals surface area contributed by atoms with Gasteiger partial charge in [0.1, 0.15) is 9.88 Å². The molecule has 0 N–H and O–H groups in total. The van der Waals surface area contributed by atoms with E-state index in [1.807, 2.05) is 12.1 Å². The first-order valence-electron chi connectivity index (χ1n) is 5.39. The summed E-state index contributed by atoms with van der Waals surface area (Å²) < 4.78 is 5.01. The van der Waals surface area contributed by atoms with E-state index in [-0.39, 0.29) is 5.97 Å². The molecule has 0 saturated heterocycles. The maximum absolute atomic E-state index is 11.8. The third kappa shape index (κ3) is 2.76. The van der Waals surface area contributed by atoms with E-state index in [1.54, 1.807) is 19.3 Å². The number of carbonyl (C=O) groups excluding carboxylic acids is 1. The van der Waals surface area contributed by atoms with E-state index in [4.69, 9.17) is 4.74 Å². The first kappa shape index (κ1) is 13.2. The van der Waals surface area contributed by atoms with Gasteiger partial charge in [0.15, 0.2) is 0 Å². The number of rotatable bonds is 4. The van der Waals surface area contributed by atoms with Gasteiger partial charge in [-0.3, -0.25) is 4.98 Å². The highest BCUT2D eigenvalue weighted by Crippen LogP contribution is 2.29. The number of esters is 1. The van der Waals surface area contributed by atoms with Crippen molar-refractivity contribution in [2.45, 2.75) is 12.3 Å². The Hall–Kier alpha value is -1.27. The van der Waals surface area contributed by atoms with Gasteiger partial charge in [-0.15, -0.1) is 11.3 Å². The Balaban J connectivity index is 2.38. The van der Waals surface area contributed by atoms with Crippen molar-refractivity contribution in [2.75, 3.05) is 6.61 Å². The summed E-state index contributed by atoms with van der Waals surface area (Å²) in [5.41, 5.74) is 1.61. The summed E-state index contributed by atoms with van der Waals surface area (Å²) in [7, 11) is 0. The monoisotopic (exact) mass is 326 g/mol. The van der Waals surface area contributed by atoms with Crippen molar-refractivity contribution in [1.82, 2.24) is 9.97 Å². The van der Waals surface area contributed by atoms with Crippen LogP contribution >= 0.6 is 27.3 Å². The van der Waals surface area contributed by atoms with Crippen LogP contribution in [0.15, 0.2) is 24.5 Å². The molecule has 94 valence electrons. The van der Waals surface area contributed by atoms with Gasteiger partial charge in [0.2, 0.25) is 0 Å². The molecule has 6 heteroatoms. The Morgan fingerprint density at radius 3 is 3.00 bits per heavy atom. The van der Waals surface area contributed by atoms with Crippen LogP contribution in [0.2, 0.25) is 0 Å². The number of nitrogens with zero attached hydrogens (tertiary/aromatic N) is 2. The van der Waals surface area contributed by atoms with Gasteiger partial charge in [0, 0.05) is 23.3 Å². The maximum atomic E-state index is 11.8. The molecule has 4 nitrogen and oxygen atoms in total. The molecule has 18 heavy (non-hydrogen) atoms. The van der Waals surface area contributed by atoms with Crippen molar-refractivity contribution in [2.24, 2.45) is 0 Å². The number of aromatic nitrogens is 2. The van der Waals surface area contributed by atoms with Gasteiger partial charge in [0.25, 0.3) is 0 Å². The fraction of sp³-hybridized carbons (Fsp3) is 0.250. The Labute approximate surface area is 117 Å². The summed E-state index contributed by atoms with van der Waals surface area (Å²) in [4.78, 5) is 20.8. The van der Waals surface area contributed by atoms with Crippen molar-refractivity contribution in [3.05, 3.63) is 35.1 Å². The number of hydrogen-bond acceptors (Lipinski definition) is 5. The lowest BCUT2D eigenvalue weighted by Gasteiger charge is -1.98. The normalized spacial score (nSPS) is 10.3. The van der Waals surface area contributed by atoms with E-state index < -0.39 is 0 Å². The molecule has 2 heterocycles. The van der Waals surface area contributed by atoms with Crippen LogP contribution in [-0.4, -0.2) is 22.5 Å². The molecule has 0 aliphatic carbocycles. The summed E-state index contributed by atoms with van der Waals surface area (Å²) in [6.45, 7) is 2.15. The third-order valence-corrected chi connectivity index (χ3v) is 3.85. The lowest BCUT2D eigenvalue weighted by atomic mass is 10.3. The molecule has 2 rings (SSSR count). The van der Waals surface area contributed by atoms with E-state index >= 15 is 0 Å². The Kier molecular flexibility index (Phi) is 4.43. The summed E-state index contributed by atoms with van der Waals surface area (Å²) >= 11 is 4.66. The molecule has 0 aliphatic heterocycles. The summed E-state index contributed by atoms with van der Waals surface area (Å²) in [6.07, 6.45) is 3.43. The number of halogens is 1.